The highest BCUT2D eigenvalue weighted by molar-refractivity contribution is 5.62. The predicted octanol–water partition coefficient (Wildman–Crippen LogP) is 2.62. The van der Waals surface area contributed by atoms with Gasteiger partial charge in [-0.05, 0) is 37.4 Å². The van der Waals surface area contributed by atoms with Gasteiger partial charge in [-0.2, -0.15) is 9.49 Å². The van der Waals surface area contributed by atoms with E-state index < -0.39 is 11.9 Å². The quantitative estimate of drug-likeness (QED) is 0.401. The molecule has 1 aromatic carbocycles. The SMILES string of the molecule is Cn1cc(-c2ccc(CN(c3ncnc(NCC4CCN(CC=O)CC4O)c3F)C3CC3)c(F)c2)cn1. The third-order valence-electron chi connectivity index (χ3n) is 7.13. The Morgan fingerprint density at radius 3 is 2.73 bits per heavy atom. The molecular weight excluding hydrogens is 480 g/mol. The van der Waals surface area contributed by atoms with Crippen molar-refractivity contribution in [1.82, 2.24) is 24.6 Å². The Balaban J connectivity index is 1.29. The number of likely N-dealkylation sites (tertiary alicyclic amines) is 1. The van der Waals surface area contributed by atoms with E-state index in [9.17, 15) is 9.90 Å². The molecule has 3 heterocycles. The van der Waals surface area contributed by atoms with Crippen LogP contribution < -0.4 is 10.2 Å². The van der Waals surface area contributed by atoms with Gasteiger partial charge in [0.05, 0.1) is 18.8 Å². The first-order chi connectivity index (χ1) is 17.9. The van der Waals surface area contributed by atoms with Crippen molar-refractivity contribution >= 4 is 17.9 Å². The number of nitrogens with one attached hydrogen (secondary N) is 1. The van der Waals surface area contributed by atoms with Crippen molar-refractivity contribution in [2.24, 2.45) is 13.0 Å². The highest BCUT2D eigenvalue weighted by Gasteiger charge is 2.33. The molecule has 0 amide bonds. The summed E-state index contributed by atoms with van der Waals surface area (Å²) in [5.41, 5.74) is 2.01. The van der Waals surface area contributed by atoms with Crippen LogP contribution in [0.1, 0.15) is 24.8 Å². The molecular formula is C26H31F2N7O2. The van der Waals surface area contributed by atoms with Crippen LogP contribution in [0, 0.1) is 17.6 Å². The number of benzene rings is 1. The van der Waals surface area contributed by atoms with Gasteiger partial charge >= 0.3 is 0 Å². The molecule has 2 fully saturated rings. The van der Waals surface area contributed by atoms with Crippen molar-refractivity contribution in [2.75, 3.05) is 36.4 Å². The van der Waals surface area contributed by atoms with Crippen molar-refractivity contribution in [2.45, 2.75) is 38.0 Å². The fraction of sp³-hybridized carbons (Fsp3) is 0.462. The molecule has 0 radical (unpaired) electrons. The van der Waals surface area contributed by atoms with Gasteiger partial charge in [-0.25, -0.2) is 14.4 Å². The van der Waals surface area contributed by atoms with Gasteiger partial charge in [0.1, 0.15) is 18.4 Å². The molecule has 196 valence electrons. The summed E-state index contributed by atoms with van der Waals surface area (Å²) in [6.07, 6.45) is 7.47. The molecule has 2 aromatic heterocycles. The van der Waals surface area contributed by atoms with Gasteiger partial charge in [-0.1, -0.05) is 12.1 Å². The lowest BCUT2D eigenvalue weighted by molar-refractivity contribution is -0.109. The van der Waals surface area contributed by atoms with Crippen molar-refractivity contribution in [1.29, 1.82) is 0 Å². The molecule has 1 saturated heterocycles. The lowest BCUT2D eigenvalue weighted by atomic mass is 9.94. The van der Waals surface area contributed by atoms with Crippen LogP contribution in [0.25, 0.3) is 11.1 Å². The van der Waals surface area contributed by atoms with E-state index in [0.717, 1.165) is 30.3 Å². The molecule has 0 bridgehead atoms. The zero-order chi connectivity index (χ0) is 25.9. The monoisotopic (exact) mass is 511 g/mol. The van der Waals surface area contributed by atoms with Gasteiger partial charge in [0.25, 0.3) is 0 Å². The maximum Gasteiger partial charge on any atom is 0.207 e. The Morgan fingerprint density at radius 1 is 1.22 bits per heavy atom. The summed E-state index contributed by atoms with van der Waals surface area (Å²) in [6, 6.07) is 5.13. The highest BCUT2D eigenvalue weighted by Crippen LogP contribution is 2.35. The number of nitrogens with zero attached hydrogens (tertiary/aromatic N) is 6. The third kappa shape index (κ3) is 5.78. The number of aryl methyl sites for hydroxylation is 1. The van der Waals surface area contributed by atoms with E-state index in [2.05, 4.69) is 20.4 Å². The van der Waals surface area contributed by atoms with Gasteiger partial charge in [-0.3, -0.25) is 9.58 Å². The minimum atomic E-state index is -0.619. The molecule has 3 aromatic rings. The number of aliphatic hydroxyl groups excluding tert-OH is 1. The van der Waals surface area contributed by atoms with Crippen LogP contribution in [0.3, 0.4) is 0 Å². The number of aldehydes is 1. The summed E-state index contributed by atoms with van der Waals surface area (Å²) in [5.74, 6) is -0.847. The average molecular weight is 512 g/mol. The number of carbonyl (C=O) groups is 1. The van der Waals surface area contributed by atoms with Crippen LogP contribution in [-0.4, -0.2) is 74.4 Å². The first kappa shape index (κ1) is 25.2. The molecule has 0 spiro atoms. The van der Waals surface area contributed by atoms with E-state index in [-0.39, 0.29) is 36.0 Å². The van der Waals surface area contributed by atoms with Crippen LogP contribution in [0.2, 0.25) is 0 Å². The van der Waals surface area contributed by atoms with Crippen molar-refractivity contribution in [3.63, 3.8) is 0 Å². The van der Waals surface area contributed by atoms with E-state index in [1.165, 1.54) is 12.4 Å². The highest BCUT2D eigenvalue weighted by atomic mass is 19.1. The Bertz CT molecular complexity index is 1250. The first-order valence-electron chi connectivity index (χ1n) is 12.6. The Hall–Kier alpha value is -3.44. The Labute approximate surface area is 214 Å². The van der Waals surface area contributed by atoms with Crippen LogP contribution in [0.15, 0.2) is 36.9 Å². The minimum absolute atomic E-state index is 0.0607. The van der Waals surface area contributed by atoms with Crippen molar-refractivity contribution < 1.29 is 18.7 Å². The Morgan fingerprint density at radius 2 is 2.05 bits per heavy atom. The van der Waals surface area contributed by atoms with E-state index in [1.807, 2.05) is 24.2 Å². The fourth-order valence-electron chi connectivity index (χ4n) is 4.84. The number of aromatic nitrogens is 4. The first-order valence-corrected chi connectivity index (χ1v) is 12.6. The molecule has 37 heavy (non-hydrogen) atoms. The third-order valence-corrected chi connectivity index (χ3v) is 7.13. The topological polar surface area (TPSA) is 99.4 Å². The minimum Gasteiger partial charge on any atom is -0.391 e. The maximum atomic E-state index is 15.6. The van der Waals surface area contributed by atoms with Gasteiger partial charge < -0.3 is 20.1 Å². The van der Waals surface area contributed by atoms with E-state index in [1.54, 1.807) is 21.8 Å². The molecule has 1 aliphatic heterocycles. The average Bonchev–Trinajstić information content (AvgIpc) is 3.63. The number of rotatable bonds is 10. The van der Waals surface area contributed by atoms with Crippen LogP contribution in [0.4, 0.5) is 20.4 Å². The molecule has 9 nitrogen and oxygen atoms in total. The number of halogens is 2. The number of hydrogen-bond acceptors (Lipinski definition) is 8. The number of carbonyl (C=O) groups excluding carboxylic acids is 1. The summed E-state index contributed by atoms with van der Waals surface area (Å²) in [7, 11) is 1.81. The van der Waals surface area contributed by atoms with Crippen LogP contribution >= 0.6 is 0 Å². The smallest absolute Gasteiger partial charge is 0.207 e. The molecule has 2 aliphatic rings. The number of β-amino-alcohol motifs (C(OH)–C–C–N with tert-alkyl or cyclic N) is 1. The number of aliphatic hydroxyl groups is 1. The molecule has 1 aliphatic carbocycles. The second kappa shape index (κ2) is 10.9. The second-order valence-corrected chi connectivity index (χ2v) is 9.85. The van der Waals surface area contributed by atoms with Gasteiger partial charge in [-0.15, -0.1) is 0 Å². The summed E-state index contributed by atoms with van der Waals surface area (Å²) < 4.78 is 32.3. The lowest BCUT2D eigenvalue weighted by Crippen LogP contribution is -2.46. The van der Waals surface area contributed by atoms with Gasteiger partial charge in [0.15, 0.2) is 11.6 Å². The number of anilines is 2. The largest absolute Gasteiger partial charge is 0.391 e. The van der Waals surface area contributed by atoms with Crippen molar-refractivity contribution in [3.05, 3.63) is 54.1 Å². The van der Waals surface area contributed by atoms with Gasteiger partial charge in [0, 0.05) is 56.0 Å². The van der Waals surface area contributed by atoms with E-state index >= 15 is 8.78 Å². The summed E-state index contributed by atoms with van der Waals surface area (Å²) in [5, 5.41) is 17.6. The molecule has 1 saturated carbocycles. The van der Waals surface area contributed by atoms with Crippen LogP contribution in [0.5, 0.6) is 0 Å². The zero-order valence-corrected chi connectivity index (χ0v) is 20.7. The van der Waals surface area contributed by atoms with E-state index in [4.69, 9.17) is 0 Å². The number of piperidine rings is 1. The molecule has 11 heteroatoms. The fourth-order valence-corrected chi connectivity index (χ4v) is 4.84. The molecule has 2 atom stereocenters. The second-order valence-electron chi connectivity index (χ2n) is 9.85. The number of hydrogen-bond donors (Lipinski definition) is 2. The predicted molar refractivity (Wildman–Crippen MR) is 135 cm³/mol. The van der Waals surface area contributed by atoms with Crippen LogP contribution in [-0.2, 0) is 18.4 Å². The molecule has 2 unspecified atom stereocenters. The molecule has 2 N–H and O–H groups in total. The summed E-state index contributed by atoms with van der Waals surface area (Å²) in [6.45, 7) is 1.93. The lowest BCUT2D eigenvalue weighted by Gasteiger charge is -2.35. The zero-order valence-electron chi connectivity index (χ0n) is 20.7. The Kier molecular flexibility index (Phi) is 7.43. The van der Waals surface area contributed by atoms with Gasteiger partial charge in [0.2, 0.25) is 5.82 Å². The normalized spacial score (nSPS) is 20.1. The summed E-state index contributed by atoms with van der Waals surface area (Å²) >= 11 is 0. The van der Waals surface area contributed by atoms with Crippen molar-refractivity contribution in [3.8, 4) is 11.1 Å². The summed E-state index contributed by atoms with van der Waals surface area (Å²) in [4.78, 5) is 22.7. The maximum absolute atomic E-state index is 15.6. The molecule has 5 rings (SSSR count). The van der Waals surface area contributed by atoms with E-state index in [0.29, 0.717) is 38.2 Å². The standard InChI is InChI=1S/C26H31F2N7O2/c1-33-13-20(12-32-33)17-2-3-19(22(27)10-17)14-35(21-4-5-21)26-24(28)25(30-16-31-26)29-11-18-6-7-34(8-9-36)15-23(18)37/h2-3,9-10,12-13,16,18,21,23,37H,4-8,11,14-15H2,1H3,(H,29,30,31).